The highest BCUT2D eigenvalue weighted by Crippen LogP contribution is 2.26. The largest absolute Gasteiger partial charge is 0.497 e. The van der Waals surface area contributed by atoms with Crippen LogP contribution in [0.5, 0.6) is 5.75 Å². The molecule has 0 aliphatic carbocycles. The monoisotopic (exact) mass is 461 g/mol. The molecule has 10 heteroatoms. The lowest BCUT2D eigenvalue weighted by molar-refractivity contribution is 0.140. The summed E-state index contributed by atoms with van der Waals surface area (Å²) in [6, 6.07) is 12.2. The fraction of sp³-hybridized carbons (Fsp3) is 0.286. The number of nitrogens with one attached hydrogen (secondary N) is 1. The Hall–Kier alpha value is -2.81. The Labute approximate surface area is 189 Å². The summed E-state index contributed by atoms with van der Waals surface area (Å²) in [4.78, 5) is 20.9. The topological polar surface area (TPSA) is 83.7 Å². The molecular formula is C21H21Cl2N5O3. The van der Waals surface area contributed by atoms with E-state index in [-0.39, 0.29) is 6.03 Å². The molecule has 0 atom stereocenters. The predicted molar refractivity (Wildman–Crippen MR) is 119 cm³/mol. The summed E-state index contributed by atoms with van der Waals surface area (Å²) < 4.78 is 10.5. The third kappa shape index (κ3) is 5.28. The first kappa shape index (κ1) is 21.4. The van der Waals surface area contributed by atoms with Crippen LogP contribution in [-0.2, 0) is 6.54 Å². The van der Waals surface area contributed by atoms with E-state index in [9.17, 15) is 4.79 Å². The van der Waals surface area contributed by atoms with Crippen LogP contribution in [0.1, 0.15) is 5.82 Å². The highest BCUT2D eigenvalue weighted by atomic mass is 35.5. The number of hydrogen-bond donors (Lipinski definition) is 1. The van der Waals surface area contributed by atoms with Crippen molar-refractivity contribution in [2.75, 3.05) is 38.6 Å². The number of urea groups is 1. The predicted octanol–water partition coefficient (Wildman–Crippen LogP) is 4.40. The van der Waals surface area contributed by atoms with Crippen LogP contribution in [0.2, 0.25) is 10.0 Å². The summed E-state index contributed by atoms with van der Waals surface area (Å²) in [7, 11) is 1.62. The van der Waals surface area contributed by atoms with Crippen molar-refractivity contribution in [2.24, 2.45) is 0 Å². The highest BCUT2D eigenvalue weighted by Gasteiger charge is 2.23. The van der Waals surface area contributed by atoms with Crippen LogP contribution in [0.3, 0.4) is 0 Å². The van der Waals surface area contributed by atoms with Crippen molar-refractivity contribution in [1.29, 1.82) is 0 Å². The molecule has 8 nitrogen and oxygen atoms in total. The molecule has 31 heavy (non-hydrogen) atoms. The van der Waals surface area contributed by atoms with Gasteiger partial charge in [0.1, 0.15) is 5.75 Å². The van der Waals surface area contributed by atoms with Gasteiger partial charge in [-0.2, -0.15) is 4.98 Å². The molecule has 0 bridgehead atoms. The van der Waals surface area contributed by atoms with Crippen LogP contribution < -0.4 is 10.1 Å². The van der Waals surface area contributed by atoms with Crippen LogP contribution in [0.25, 0.3) is 11.5 Å². The Bertz CT molecular complexity index is 1050. The van der Waals surface area contributed by atoms with Gasteiger partial charge in [0.2, 0.25) is 0 Å². The van der Waals surface area contributed by atoms with E-state index < -0.39 is 0 Å². The fourth-order valence-corrected chi connectivity index (χ4v) is 3.72. The third-order valence-electron chi connectivity index (χ3n) is 5.00. The summed E-state index contributed by atoms with van der Waals surface area (Å²) in [5.41, 5.74) is 1.37. The van der Waals surface area contributed by atoms with Crippen LogP contribution >= 0.6 is 23.2 Å². The average Bonchev–Trinajstić information content (AvgIpc) is 3.24. The van der Waals surface area contributed by atoms with E-state index in [1.807, 2.05) is 24.3 Å². The zero-order valence-electron chi connectivity index (χ0n) is 16.8. The number of ether oxygens (including phenoxy) is 1. The molecule has 0 spiro atoms. The molecule has 0 unspecified atom stereocenters. The molecular weight excluding hydrogens is 441 g/mol. The number of nitrogens with zero attached hydrogens (tertiary/aromatic N) is 4. The van der Waals surface area contributed by atoms with Gasteiger partial charge < -0.3 is 19.5 Å². The van der Waals surface area contributed by atoms with Crippen LogP contribution in [-0.4, -0.2) is 59.3 Å². The summed E-state index contributed by atoms with van der Waals surface area (Å²) in [5, 5.41) is 7.84. The SMILES string of the molecule is COc1ccc(-c2nc(CN3CCN(C(=O)Nc4ccc(Cl)cc4Cl)CC3)no2)cc1. The number of hydrogen-bond acceptors (Lipinski definition) is 6. The van der Waals surface area contributed by atoms with Crippen molar-refractivity contribution in [3.05, 3.63) is 58.3 Å². The second-order valence-corrected chi connectivity index (χ2v) is 7.91. The number of methoxy groups -OCH3 is 1. The minimum Gasteiger partial charge on any atom is -0.497 e. The molecule has 1 fully saturated rings. The second kappa shape index (κ2) is 9.55. The van der Waals surface area contributed by atoms with Crippen LogP contribution in [0.4, 0.5) is 10.5 Å². The zero-order valence-corrected chi connectivity index (χ0v) is 18.4. The molecule has 1 aliphatic heterocycles. The van der Waals surface area contributed by atoms with Gasteiger partial charge >= 0.3 is 6.03 Å². The average molecular weight is 462 g/mol. The first-order chi connectivity index (χ1) is 15.0. The first-order valence-corrected chi connectivity index (χ1v) is 10.5. The van der Waals surface area contributed by atoms with Gasteiger partial charge in [-0.25, -0.2) is 4.79 Å². The number of anilines is 1. The maximum Gasteiger partial charge on any atom is 0.321 e. The number of piperazine rings is 1. The molecule has 2 aromatic carbocycles. The Morgan fingerprint density at radius 1 is 1.13 bits per heavy atom. The van der Waals surface area contributed by atoms with Gasteiger partial charge in [-0.15, -0.1) is 0 Å². The number of carbonyl (C=O) groups is 1. The molecule has 2 heterocycles. The molecule has 0 radical (unpaired) electrons. The Balaban J connectivity index is 1.29. The highest BCUT2D eigenvalue weighted by molar-refractivity contribution is 6.36. The molecule has 1 N–H and O–H groups in total. The number of carbonyl (C=O) groups excluding carboxylic acids is 1. The molecule has 4 rings (SSSR count). The summed E-state index contributed by atoms with van der Waals surface area (Å²) in [5.74, 6) is 1.84. The molecule has 1 aromatic heterocycles. The Morgan fingerprint density at radius 3 is 2.55 bits per heavy atom. The van der Waals surface area contributed by atoms with Crippen molar-refractivity contribution < 1.29 is 14.1 Å². The standard InChI is InChI=1S/C21H21Cl2N5O3/c1-30-16-5-2-14(3-6-16)20-25-19(26-31-20)13-27-8-10-28(11-9-27)21(29)24-18-7-4-15(22)12-17(18)23/h2-7,12H,8-11,13H2,1H3,(H,24,29). The second-order valence-electron chi connectivity index (χ2n) is 7.06. The van der Waals surface area contributed by atoms with Crippen molar-refractivity contribution in [2.45, 2.75) is 6.54 Å². The van der Waals surface area contributed by atoms with Gasteiger partial charge in [-0.3, -0.25) is 4.90 Å². The van der Waals surface area contributed by atoms with Gasteiger partial charge in [0, 0.05) is 36.8 Å². The minimum absolute atomic E-state index is 0.190. The minimum atomic E-state index is -0.190. The van der Waals surface area contributed by atoms with E-state index in [0.717, 1.165) is 11.3 Å². The van der Waals surface area contributed by atoms with Crippen LogP contribution in [0.15, 0.2) is 47.0 Å². The number of amides is 2. The fourth-order valence-electron chi connectivity index (χ4n) is 3.26. The lowest BCUT2D eigenvalue weighted by Gasteiger charge is -2.34. The van der Waals surface area contributed by atoms with Crippen molar-refractivity contribution in [1.82, 2.24) is 19.9 Å². The number of halogens is 2. The summed E-state index contributed by atoms with van der Waals surface area (Å²) in [6.45, 7) is 3.13. The third-order valence-corrected chi connectivity index (χ3v) is 5.55. The maximum absolute atomic E-state index is 12.5. The van der Waals surface area contributed by atoms with Gasteiger partial charge in [-0.1, -0.05) is 28.4 Å². The van der Waals surface area contributed by atoms with Crippen molar-refractivity contribution >= 4 is 34.9 Å². The smallest absolute Gasteiger partial charge is 0.321 e. The van der Waals surface area contributed by atoms with E-state index in [4.69, 9.17) is 32.5 Å². The molecule has 2 amide bonds. The Morgan fingerprint density at radius 2 is 1.87 bits per heavy atom. The lowest BCUT2D eigenvalue weighted by atomic mass is 10.2. The van der Waals surface area contributed by atoms with E-state index in [1.54, 1.807) is 30.2 Å². The summed E-state index contributed by atoms with van der Waals surface area (Å²) >= 11 is 12.0. The zero-order chi connectivity index (χ0) is 21.8. The number of aromatic nitrogens is 2. The van der Waals surface area contributed by atoms with E-state index in [0.29, 0.717) is 60.2 Å². The Kier molecular flexibility index (Phi) is 6.60. The van der Waals surface area contributed by atoms with E-state index in [2.05, 4.69) is 20.4 Å². The van der Waals surface area contributed by atoms with Gasteiger partial charge in [-0.05, 0) is 42.5 Å². The van der Waals surface area contributed by atoms with Gasteiger partial charge in [0.25, 0.3) is 5.89 Å². The van der Waals surface area contributed by atoms with Crippen molar-refractivity contribution in [3.63, 3.8) is 0 Å². The van der Waals surface area contributed by atoms with Gasteiger partial charge in [0.05, 0.1) is 24.4 Å². The summed E-state index contributed by atoms with van der Waals surface area (Å²) in [6.07, 6.45) is 0. The first-order valence-electron chi connectivity index (χ1n) is 9.72. The normalized spacial score (nSPS) is 14.5. The maximum atomic E-state index is 12.5. The quantitative estimate of drug-likeness (QED) is 0.605. The number of rotatable bonds is 5. The molecule has 0 saturated carbocycles. The molecule has 1 aliphatic rings. The lowest BCUT2D eigenvalue weighted by Crippen LogP contribution is -2.49. The number of benzene rings is 2. The van der Waals surface area contributed by atoms with E-state index in [1.165, 1.54) is 0 Å². The van der Waals surface area contributed by atoms with E-state index >= 15 is 0 Å². The molecule has 3 aromatic rings. The molecule has 1 saturated heterocycles. The van der Waals surface area contributed by atoms with Gasteiger partial charge in [0.15, 0.2) is 5.82 Å². The van der Waals surface area contributed by atoms with Crippen LogP contribution in [0, 0.1) is 0 Å². The molecule has 162 valence electrons. The van der Waals surface area contributed by atoms with Crippen molar-refractivity contribution in [3.8, 4) is 17.2 Å².